The number of ether oxygens (including phenoxy) is 2. The molecule has 0 aliphatic carbocycles. The number of nitrogens with one attached hydrogen (secondary N) is 1. The van der Waals surface area contributed by atoms with Crippen LogP contribution in [0.25, 0.3) is 0 Å². The van der Waals surface area contributed by atoms with Crippen molar-refractivity contribution in [2.24, 2.45) is 0 Å². The Bertz CT molecular complexity index is 596. The highest BCUT2D eigenvalue weighted by Crippen LogP contribution is 2.28. The normalized spacial score (nSPS) is 10.5. The van der Waals surface area contributed by atoms with Crippen molar-refractivity contribution in [2.75, 3.05) is 13.7 Å². The molecule has 0 amide bonds. The van der Waals surface area contributed by atoms with Gasteiger partial charge in [0, 0.05) is 6.54 Å². The molecule has 0 saturated carbocycles. The smallest absolute Gasteiger partial charge is 0.161 e. The van der Waals surface area contributed by atoms with E-state index in [4.69, 9.17) is 9.47 Å². The molecule has 1 N–H and O–H groups in total. The van der Waals surface area contributed by atoms with Crippen molar-refractivity contribution < 1.29 is 9.47 Å². The Labute approximate surface area is 133 Å². The number of benzene rings is 2. The molecule has 0 aliphatic heterocycles. The van der Waals surface area contributed by atoms with E-state index in [1.807, 2.05) is 18.2 Å². The zero-order valence-electron chi connectivity index (χ0n) is 13.7. The number of aryl methyl sites for hydroxylation is 1. The van der Waals surface area contributed by atoms with Gasteiger partial charge < -0.3 is 14.8 Å². The van der Waals surface area contributed by atoms with Crippen LogP contribution in [0.5, 0.6) is 11.5 Å². The van der Waals surface area contributed by atoms with Gasteiger partial charge in [0.2, 0.25) is 0 Å². The van der Waals surface area contributed by atoms with Gasteiger partial charge in [0.1, 0.15) is 6.61 Å². The molecule has 3 nitrogen and oxygen atoms in total. The van der Waals surface area contributed by atoms with E-state index in [0.717, 1.165) is 36.6 Å². The summed E-state index contributed by atoms with van der Waals surface area (Å²) in [5.41, 5.74) is 3.61. The summed E-state index contributed by atoms with van der Waals surface area (Å²) in [6, 6.07) is 14.4. The SMILES string of the molecule is CCCNCc1ccc(OCc2cccc(C)c2)c(OC)c1. The highest BCUT2D eigenvalue weighted by molar-refractivity contribution is 5.43. The molecule has 2 rings (SSSR count). The molecule has 0 unspecified atom stereocenters. The van der Waals surface area contributed by atoms with E-state index in [-0.39, 0.29) is 0 Å². The number of methoxy groups -OCH3 is 1. The summed E-state index contributed by atoms with van der Waals surface area (Å²) >= 11 is 0. The first-order chi connectivity index (χ1) is 10.7. The maximum Gasteiger partial charge on any atom is 0.161 e. The van der Waals surface area contributed by atoms with Crippen molar-refractivity contribution in [3.8, 4) is 11.5 Å². The minimum atomic E-state index is 0.547. The molecule has 0 aliphatic rings. The van der Waals surface area contributed by atoms with Gasteiger partial charge in [0.15, 0.2) is 11.5 Å². The zero-order chi connectivity index (χ0) is 15.8. The molecule has 0 radical (unpaired) electrons. The topological polar surface area (TPSA) is 30.5 Å². The second kappa shape index (κ2) is 8.44. The Hall–Kier alpha value is -2.00. The summed E-state index contributed by atoms with van der Waals surface area (Å²) in [5, 5.41) is 3.39. The summed E-state index contributed by atoms with van der Waals surface area (Å²) in [5.74, 6) is 1.56. The molecule has 0 bridgehead atoms. The summed E-state index contributed by atoms with van der Waals surface area (Å²) in [7, 11) is 1.68. The molecule has 0 atom stereocenters. The van der Waals surface area contributed by atoms with Gasteiger partial charge in [-0.1, -0.05) is 42.8 Å². The van der Waals surface area contributed by atoms with Crippen molar-refractivity contribution >= 4 is 0 Å². The van der Waals surface area contributed by atoms with Crippen LogP contribution in [0.15, 0.2) is 42.5 Å². The van der Waals surface area contributed by atoms with Gasteiger partial charge in [-0.05, 0) is 43.1 Å². The maximum atomic E-state index is 5.90. The highest BCUT2D eigenvalue weighted by Gasteiger charge is 2.06. The Kier molecular flexibility index (Phi) is 6.28. The van der Waals surface area contributed by atoms with Gasteiger partial charge in [-0.15, -0.1) is 0 Å². The Morgan fingerprint density at radius 2 is 1.86 bits per heavy atom. The lowest BCUT2D eigenvalue weighted by molar-refractivity contribution is 0.284. The average molecular weight is 299 g/mol. The molecule has 118 valence electrons. The summed E-state index contributed by atoms with van der Waals surface area (Å²) in [6.07, 6.45) is 1.13. The number of hydrogen-bond donors (Lipinski definition) is 1. The lowest BCUT2D eigenvalue weighted by Gasteiger charge is -2.13. The van der Waals surface area contributed by atoms with E-state index in [0.29, 0.717) is 6.61 Å². The highest BCUT2D eigenvalue weighted by atomic mass is 16.5. The van der Waals surface area contributed by atoms with Crippen LogP contribution in [-0.2, 0) is 13.2 Å². The second-order valence-corrected chi connectivity index (χ2v) is 5.44. The predicted octanol–water partition coefficient (Wildman–Crippen LogP) is 4.08. The van der Waals surface area contributed by atoms with E-state index >= 15 is 0 Å². The first kappa shape index (κ1) is 16.4. The fourth-order valence-corrected chi connectivity index (χ4v) is 2.31. The third-order valence-corrected chi connectivity index (χ3v) is 3.46. The lowest BCUT2D eigenvalue weighted by atomic mass is 10.1. The third kappa shape index (κ3) is 4.78. The molecular formula is C19H25NO2. The van der Waals surface area contributed by atoms with Gasteiger partial charge in [0.25, 0.3) is 0 Å². The molecule has 3 heteroatoms. The molecule has 22 heavy (non-hydrogen) atoms. The molecule has 0 heterocycles. The lowest BCUT2D eigenvalue weighted by Crippen LogP contribution is -2.13. The van der Waals surface area contributed by atoms with Crippen molar-refractivity contribution in [1.82, 2.24) is 5.32 Å². The van der Waals surface area contributed by atoms with Gasteiger partial charge in [-0.2, -0.15) is 0 Å². The monoisotopic (exact) mass is 299 g/mol. The standard InChI is InChI=1S/C19H25NO2/c1-4-10-20-13-16-8-9-18(19(12-16)21-3)22-14-17-7-5-6-15(2)11-17/h5-9,11-12,20H,4,10,13-14H2,1-3H3. The zero-order valence-corrected chi connectivity index (χ0v) is 13.7. The van der Waals surface area contributed by atoms with E-state index in [9.17, 15) is 0 Å². The van der Waals surface area contributed by atoms with Crippen LogP contribution in [0.1, 0.15) is 30.0 Å². The van der Waals surface area contributed by atoms with Crippen molar-refractivity contribution in [3.05, 3.63) is 59.2 Å². The van der Waals surface area contributed by atoms with E-state index in [1.54, 1.807) is 7.11 Å². The van der Waals surface area contributed by atoms with Crippen molar-refractivity contribution in [2.45, 2.75) is 33.4 Å². The van der Waals surface area contributed by atoms with Gasteiger partial charge >= 0.3 is 0 Å². The molecule has 0 spiro atoms. The van der Waals surface area contributed by atoms with Crippen LogP contribution < -0.4 is 14.8 Å². The first-order valence-corrected chi connectivity index (χ1v) is 7.79. The molecule has 0 fully saturated rings. The van der Waals surface area contributed by atoms with Crippen LogP contribution in [0.3, 0.4) is 0 Å². The molecule has 2 aromatic rings. The fraction of sp³-hybridized carbons (Fsp3) is 0.368. The van der Waals surface area contributed by atoms with E-state index in [2.05, 4.69) is 43.4 Å². The third-order valence-electron chi connectivity index (χ3n) is 3.46. The van der Waals surface area contributed by atoms with Gasteiger partial charge in [-0.3, -0.25) is 0 Å². The molecular weight excluding hydrogens is 274 g/mol. The largest absolute Gasteiger partial charge is 0.493 e. The fourth-order valence-electron chi connectivity index (χ4n) is 2.31. The summed E-state index contributed by atoms with van der Waals surface area (Å²) in [6.45, 7) is 6.67. The van der Waals surface area contributed by atoms with Crippen LogP contribution >= 0.6 is 0 Å². The van der Waals surface area contributed by atoms with Crippen LogP contribution in [0.4, 0.5) is 0 Å². The van der Waals surface area contributed by atoms with Gasteiger partial charge in [-0.25, -0.2) is 0 Å². The van der Waals surface area contributed by atoms with Crippen LogP contribution in [-0.4, -0.2) is 13.7 Å². The Morgan fingerprint density at radius 3 is 2.59 bits per heavy atom. The Balaban J connectivity index is 2.01. The Morgan fingerprint density at radius 1 is 1.00 bits per heavy atom. The molecule has 0 aromatic heterocycles. The molecule has 2 aromatic carbocycles. The van der Waals surface area contributed by atoms with E-state index < -0.39 is 0 Å². The first-order valence-electron chi connectivity index (χ1n) is 7.79. The number of rotatable bonds is 8. The quantitative estimate of drug-likeness (QED) is 0.745. The van der Waals surface area contributed by atoms with Crippen molar-refractivity contribution in [3.63, 3.8) is 0 Å². The summed E-state index contributed by atoms with van der Waals surface area (Å²) in [4.78, 5) is 0. The maximum absolute atomic E-state index is 5.90. The minimum Gasteiger partial charge on any atom is -0.493 e. The average Bonchev–Trinajstić information content (AvgIpc) is 2.53. The predicted molar refractivity (Wildman–Crippen MR) is 90.5 cm³/mol. The van der Waals surface area contributed by atoms with Crippen LogP contribution in [0.2, 0.25) is 0 Å². The van der Waals surface area contributed by atoms with Crippen LogP contribution in [0, 0.1) is 6.92 Å². The summed E-state index contributed by atoms with van der Waals surface area (Å²) < 4.78 is 11.4. The second-order valence-electron chi connectivity index (χ2n) is 5.44. The van der Waals surface area contributed by atoms with Crippen molar-refractivity contribution in [1.29, 1.82) is 0 Å². The number of hydrogen-bond acceptors (Lipinski definition) is 3. The molecule has 0 saturated heterocycles. The minimum absolute atomic E-state index is 0.547. The van der Waals surface area contributed by atoms with E-state index in [1.165, 1.54) is 11.1 Å². The van der Waals surface area contributed by atoms with Gasteiger partial charge in [0.05, 0.1) is 7.11 Å².